The van der Waals surface area contributed by atoms with Crippen molar-refractivity contribution in [1.29, 1.82) is 0 Å². The van der Waals surface area contributed by atoms with E-state index in [1.807, 2.05) is 4.90 Å². The van der Waals surface area contributed by atoms with E-state index in [2.05, 4.69) is 17.1 Å². The lowest BCUT2D eigenvalue weighted by Gasteiger charge is -2.12. The fraction of sp³-hybridized carbons (Fsp3) is 0.625. The molecule has 1 saturated heterocycles. The summed E-state index contributed by atoms with van der Waals surface area (Å²) in [5.74, 6) is 0.543. The second-order valence-corrected chi connectivity index (χ2v) is 5.06. The average Bonchev–Trinajstić information content (AvgIpc) is 2.73. The molecule has 6 heteroatoms. The molecule has 1 aromatic heterocycles. The molecule has 14 heavy (non-hydrogen) atoms. The van der Waals surface area contributed by atoms with Crippen molar-refractivity contribution in [2.24, 2.45) is 5.92 Å². The summed E-state index contributed by atoms with van der Waals surface area (Å²) >= 11 is 6.75. The maximum atomic E-state index is 11.8. The molecule has 0 aliphatic carbocycles. The van der Waals surface area contributed by atoms with Crippen LogP contribution in [-0.4, -0.2) is 34.1 Å². The van der Waals surface area contributed by atoms with Crippen LogP contribution in [0.5, 0.6) is 0 Å². The average molecular weight is 232 g/mol. The van der Waals surface area contributed by atoms with Gasteiger partial charge in [-0.15, -0.1) is 10.2 Å². The maximum Gasteiger partial charge on any atom is 0.284 e. The number of hydrogen-bond donors (Lipinski definition) is 0. The highest BCUT2D eigenvalue weighted by Crippen LogP contribution is 2.21. The summed E-state index contributed by atoms with van der Waals surface area (Å²) in [5, 5.41) is 7.74. The van der Waals surface area contributed by atoms with Gasteiger partial charge in [0, 0.05) is 13.1 Å². The van der Waals surface area contributed by atoms with Gasteiger partial charge in [0.25, 0.3) is 5.91 Å². The van der Waals surface area contributed by atoms with Crippen LogP contribution >= 0.6 is 22.9 Å². The lowest BCUT2D eigenvalue weighted by molar-refractivity contribution is 0.0787. The third kappa shape index (κ3) is 1.88. The molecule has 0 radical (unpaired) electrons. The van der Waals surface area contributed by atoms with Crippen LogP contribution < -0.4 is 0 Å². The molecule has 1 fully saturated rings. The van der Waals surface area contributed by atoms with Crippen molar-refractivity contribution < 1.29 is 4.79 Å². The van der Waals surface area contributed by atoms with E-state index in [1.165, 1.54) is 0 Å². The summed E-state index contributed by atoms with van der Waals surface area (Å²) in [5.41, 5.74) is 0. The second kappa shape index (κ2) is 3.82. The Morgan fingerprint density at radius 2 is 2.43 bits per heavy atom. The Balaban J connectivity index is 2.09. The zero-order valence-corrected chi connectivity index (χ0v) is 9.31. The molecule has 0 bridgehead atoms. The van der Waals surface area contributed by atoms with E-state index in [4.69, 9.17) is 11.6 Å². The Bertz CT molecular complexity index is 354. The zero-order chi connectivity index (χ0) is 10.1. The van der Waals surface area contributed by atoms with E-state index >= 15 is 0 Å². The monoisotopic (exact) mass is 231 g/mol. The Labute approximate surface area is 90.9 Å². The van der Waals surface area contributed by atoms with E-state index in [0.29, 0.717) is 15.4 Å². The maximum absolute atomic E-state index is 11.8. The van der Waals surface area contributed by atoms with Crippen LogP contribution in [0.4, 0.5) is 0 Å². The first-order chi connectivity index (χ1) is 6.66. The number of rotatable bonds is 1. The highest BCUT2D eigenvalue weighted by Gasteiger charge is 2.26. The van der Waals surface area contributed by atoms with Crippen molar-refractivity contribution in [3.63, 3.8) is 0 Å². The van der Waals surface area contributed by atoms with Crippen LogP contribution in [0.15, 0.2) is 0 Å². The standard InChI is InChI=1S/C8H10ClN3OS/c1-5-2-3-12(4-5)7(13)6-10-11-8(9)14-6/h5H,2-4H2,1H3. The number of hydrogen-bond acceptors (Lipinski definition) is 4. The van der Waals surface area contributed by atoms with Gasteiger partial charge in [0.05, 0.1) is 0 Å². The molecule has 1 aliphatic heterocycles. The quantitative estimate of drug-likeness (QED) is 0.739. The van der Waals surface area contributed by atoms with Crippen LogP contribution in [0.25, 0.3) is 0 Å². The Kier molecular flexibility index (Phi) is 2.69. The van der Waals surface area contributed by atoms with Gasteiger partial charge < -0.3 is 4.90 Å². The number of likely N-dealkylation sites (tertiary alicyclic amines) is 1. The molecule has 0 saturated carbocycles. The van der Waals surface area contributed by atoms with E-state index in [0.717, 1.165) is 30.8 Å². The fourth-order valence-electron chi connectivity index (χ4n) is 1.55. The summed E-state index contributed by atoms with van der Waals surface area (Å²) in [6.45, 7) is 3.77. The van der Waals surface area contributed by atoms with Gasteiger partial charge in [-0.1, -0.05) is 18.3 Å². The molecule has 2 rings (SSSR count). The van der Waals surface area contributed by atoms with Gasteiger partial charge in [0.15, 0.2) is 0 Å². The van der Waals surface area contributed by atoms with E-state index in [-0.39, 0.29) is 5.91 Å². The highest BCUT2D eigenvalue weighted by atomic mass is 35.5. The SMILES string of the molecule is CC1CCN(C(=O)c2nnc(Cl)s2)C1. The largest absolute Gasteiger partial charge is 0.336 e. The Morgan fingerprint density at radius 1 is 1.64 bits per heavy atom. The van der Waals surface area contributed by atoms with Gasteiger partial charge >= 0.3 is 0 Å². The molecule has 1 unspecified atom stereocenters. The van der Waals surface area contributed by atoms with Crippen molar-refractivity contribution in [2.75, 3.05) is 13.1 Å². The molecule has 0 N–H and O–H groups in total. The first-order valence-corrected chi connectivity index (χ1v) is 5.64. The van der Waals surface area contributed by atoms with Gasteiger partial charge in [-0.2, -0.15) is 0 Å². The summed E-state index contributed by atoms with van der Waals surface area (Å²) in [4.78, 5) is 13.6. The Hall–Kier alpha value is -0.680. The van der Waals surface area contributed by atoms with Crippen molar-refractivity contribution in [3.8, 4) is 0 Å². The minimum Gasteiger partial charge on any atom is -0.336 e. The molecular weight excluding hydrogens is 222 g/mol. The van der Waals surface area contributed by atoms with Gasteiger partial charge in [0.2, 0.25) is 9.47 Å². The summed E-state index contributed by atoms with van der Waals surface area (Å²) in [7, 11) is 0. The second-order valence-electron chi connectivity index (χ2n) is 3.51. The minimum absolute atomic E-state index is 0.0428. The van der Waals surface area contributed by atoms with Crippen molar-refractivity contribution in [1.82, 2.24) is 15.1 Å². The number of amides is 1. The first kappa shape index (κ1) is 9.86. The summed E-state index contributed by atoms with van der Waals surface area (Å²) in [6.07, 6.45) is 1.07. The van der Waals surface area contributed by atoms with E-state index in [1.54, 1.807) is 0 Å². The number of nitrogens with zero attached hydrogens (tertiary/aromatic N) is 3. The van der Waals surface area contributed by atoms with Crippen LogP contribution in [0, 0.1) is 5.92 Å². The number of halogens is 1. The predicted molar refractivity (Wildman–Crippen MR) is 54.6 cm³/mol. The first-order valence-electron chi connectivity index (χ1n) is 4.45. The van der Waals surface area contributed by atoms with Crippen molar-refractivity contribution >= 4 is 28.8 Å². The molecule has 2 heterocycles. The minimum atomic E-state index is -0.0428. The normalized spacial score (nSPS) is 21.6. The smallest absolute Gasteiger partial charge is 0.284 e. The van der Waals surface area contributed by atoms with Gasteiger partial charge in [-0.05, 0) is 23.9 Å². The number of carbonyl (C=O) groups is 1. The third-order valence-corrected chi connectivity index (χ3v) is 3.30. The topological polar surface area (TPSA) is 46.1 Å². The molecule has 76 valence electrons. The van der Waals surface area contributed by atoms with Gasteiger partial charge in [0.1, 0.15) is 0 Å². The third-order valence-electron chi connectivity index (χ3n) is 2.29. The predicted octanol–water partition coefficient (Wildman–Crippen LogP) is 1.67. The molecule has 1 aromatic rings. The number of aromatic nitrogens is 2. The lowest BCUT2D eigenvalue weighted by atomic mass is 10.2. The highest BCUT2D eigenvalue weighted by molar-refractivity contribution is 7.17. The Morgan fingerprint density at radius 3 is 2.93 bits per heavy atom. The molecule has 1 aliphatic rings. The number of carbonyl (C=O) groups excluding carboxylic acids is 1. The summed E-state index contributed by atoms with van der Waals surface area (Å²) < 4.78 is 0.320. The lowest BCUT2D eigenvalue weighted by Crippen LogP contribution is -2.28. The van der Waals surface area contributed by atoms with Crippen LogP contribution in [0.1, 0.15) is 23.1 Å². The molecule has 1 amide bonds. The molecule has 0 spiro atoms. The van der Waals surface area contributed by atoms with E-state index < -0.39 is 0 Å². The van der Waals surface area contributed by atoms with E-state index in [9.17, 15) is 4.79 Å². The van der Waals surface area contributed by atoms with Crippen LogP contribution in [-0.2, 0) is 0 Å². The van der Waals surface area contributed by atoms with Crippen molar-refractivity contribution in [3.05, 3.63) is 9.47 Å². The van der Waals surface area contributed by atoms with Crippen LogP contribution in [0.2, 0.25) is 4.47 Å². The molecular formula is C8H10ClN3OS. The summed E-state index contributed by atoms with van der Waals surface area (Å²) in [6, 6.07) is 0. The molecule has 4 nitrogen and oxygen atoms in total. The zero-order valence-electron chi connectivity index (χ0n) is 7.73. The molecule has 1 atom stereocenters. The van der Waals surface area contributed by atoms with Crippen LogP contribution in [0.3, 0.4) is 0 Å². The fourth-order valence-corrected chi connectivity index (χ4v) is 2.34. The molecule has 0 aromatic carbocycles. The van der Waals surface area contributed by atoms with Crippen molar-refractivity contribution in [2.45, 2.75) is 13.3 Å². The van der Waals surface area contributed by atoms with Gasteiger partial charge in [-0.25, -0.2) is 0 Å². The van der Waals surface area contributed by atoms with Gasteiger partial charge in [-0.3, -0.25) is 4.79 Å².